The average molecular weight is 380 g/mol. The first-order valence-corrected chi connectivity index (χ1v) is 9.29. The predicted molar refractivity (Wildman–Crippen MR) is 97.4 cm³/mol. The lowest BCUT2D eigenvalue weighted by Crippen LogP contribution is -2.40. The van der Waals surface area contributed by atoms with Crippen molar-refractivity contribution in [3.8, 4) is 5.75 Å². The van der Waals surface area contributed by atoms with Crippen LogP contribution in [0.25, 0.3) is 0 Å². The van der Waals surface area contributed by atoms with Gasteiger partial charge in [-0.2, -0.15) is 0 Å². The fourth-order valence-electron chi connectivity index (χ4n) is 2.21. The van der Waals surface area contributed by atoms with Gasteiger partial charge in [-0.15, -0.1) is 0 Å². The molecular weight excluding hydrogens is 359 g/mol. The summed E-state index contributed by atoms with van der Waals surface area (Å²) >= 11 is 0. The minimum Gasteiger partial charge on any atom is -0.497 e. The molecule has 0 saturated heterocycles. The van der Waals surface area contributed by atoms with Crippen molar-refractivity contribution in [2.45, 2.75) is 31.2 Å². The van der Waals surface area contributed by atoms with E-state index in [1.807, 2.05) is 0 Å². The third-order valence-corrected chi connectivity index (χ3v) is 5.02. The van der Waals surface area contributed by atoms with Gasteiger partial charge in [-0.3, -0.25) is 4.79 Å². The summed E-state index contributed by atoms with van der Waals surface area (Å²) < 4.78 is 46.2. The van der Waals surface area contributed by atoms with Crippen LogP contribution < -0.4 is 14.8 Å². The van der Waals surface area contributed by atoms with Crippen LogP contribution in [0.1, 0.15) is 31.1 Å². The molecule has 0 aliphatic heterocycles. The van der Waals surface area contributed by atoms with Gasteiger partial charge in [0, 0.05) is 17.3 Å². The van der Waals surface area contributed by atoms with E-state index >= 15 is 0 Å². The Morgan fingerprint density at radius 3 is 2.38 bits per heavy atom. The molecule has 0 atom stereocenters. The molecule has 140 valence electrons. The number of benzene rings is 2. The smallest absolute Gasteiger partial charge is 0.258 e. The Kier molecular flexibility index (Phi) is 5.68. The van der Waals surface area contributed by atoms with Crippen LogP contribution in [-0.2, 0) is 10.0 Å². The standard InChI is InChI=1S/C18H21FN2O4S/c1-18(2,3)21-26(23,24)14-7-5-6-12(10-14)20-17(22)15-9-8-13(25-4)11-16(15)19/h5-11,21H,1-4H3,(H,20,22). The zero-order chi connectivity index (χ0) is 19.5. The van der Waals surface area contributed by atoms with Crippen molar-refractivity contribution in [3.05, 3.63) is 53.8 Å². The normalized spacial score (nSPS) is 11.9. The summed E-state index contributed by atoms with van der Waals surface area (Å²) in [5.74, 6) is -1.14. The maximum absolute atomic E-state index is 14.0. The number of hydrogen-bond donors (Lipinski definition) is 2. The summed E-state index contributed by atoms with van der Waals surface area (Å²) in [6.45, 7) is 5.17. The highest BCUT2D eigenvalue weighted by Gasteiger charge is 2.22. The molecule has 0 fully saturated rings. The van der Waals surface area contributed by atoms with Crippen LogP contribution >= 0.6 is 0 Å². The number of halogens is 1. The molecule has 0 unspecified atom stereocenters. The second-order valence-electron chi connectivity index (χ2n) is 6.68. The SMILES string of the molecule is COc1ccc(C(=O)Nc2cccc(S(=O)(=O)NC(C)(C)C)c2)c(F)c1. The molecule has 6 nitrogen and oxygen atoms in total. The van der Waals surface area contributed by atoms with Gasteiger partial charge in [-0.05, 0) is 51.1 Å². The molecule has 0 saturated carbocycles. The van der Waals surface area contributed by atoms with Gasteiger partial charge in [0.05, 0.1) is 17.6 Å². The lowest BCUT2D eigenvalue weighted by atomic mass is 10.1. The van der Waals surface area contributed by atoms with Gasteiger partial charge in [-0.1, -0.05) is 6.07 Å². The van der Waals surface area contributed by atoms with E-state index in [4.69, 9.17) is 4.74 Å². The summed E-state index contributed by atoms with van der Waals surface area (Å²) in [4.78, 5) is 12.3. The number of carbonyl (C=O) groups excluding carboxylic acids is 1. The first-order chi connectivity index (χ1) is 12.0. The van der Waals surface area contributed by atoms with E-state index in [0.717, 1.165) is 6.07 Å². The molecule has 2 rings (SSSR count). The predicted octanol–water partition coefficient (Wildman–Crippen LogP) is 3.16. The first-order valence-electron chi connectivity index (χ1n) is 7.81. The highest BCUT2D eigenvalue weighted by Crippen LogP contribution is 2.20. The van der Waals surface area contributed by atoms with Gasteiger partial charge in [0.2, 0.25) is 10.0 Å². The minimum atomic E-state index is -3.75. The van der Waals surface area contributed by atoms with Crippen molar-refractivity contribution < 1.29 is 22.3 Å². The van der Waals surface area contributed by atoms with Crippen molar-refractivity contribution in [2.24, 2.45) is 0 Å². The Labute approximate surface area is 152 Å². The van der Waals surface area contributed by atoms with Crippen LogP contribution in [-0.4, -0.2) is 27.0 Å². The molecule has 0 aliphatic rings. The second-order valence-corrected chi connectivity index (χ2v) is 8.37. The van der Waals surface area contributed by atoms with E-state index in [1.54, 1.807) is 20.8 Å². The molecule has 0 heterocycles. The summed E-state index contributed by atoms with van der Waals surface area (Å²) in [6.07, 6.45) is 0. The van der Waals surface area contributed by atoms with Crippen LogP contribution in [0.15, 0.2) is 47.4 Å². The van der Waals surface area contributed by atoms with E-state index < -0.39 is 27.3 Å². The van der Waals surface area contributed by atoms with Gasteiger partial charge < -0.3 is 10.1 Å². The molecule has 0 radical (unpaired) electrons. The Morgan fingerprint density at radius 2 is 1.81 bits per heavy atom. The molecule has 2 aromatic carbocycles. The molecule has 1 amide bonds. The van der Waals surface area contributed by atoms with Gasteiger partial charge in [0.25, 0.3) is 5.91 Å². The highest BCUT2D eigenvalue weighted by molar-refractivity contribution is 7.89. The third kappa shape index (κ3) is 5.03. The molecule has 0 bridgehead atoms. The zero-order valence-electron chi connectivity index (χ0n) is 15.0. The Balaban J connectivity index is 2.25. The maximum atomic E-state index is 14.0. The van der Waals surface area contributed by atoms with E-state index in [1.165, 1.54) is 43.5 Å². The summed E-state index contributed by atoms with van der Waals surface area (Å²) in [6, 6.07) is 9.61. The largest absolute Gasteiger partial charge is 0.497 e. The fourth-order valence-corrected chi connectivity index (χ4v) is 3.67. The number of carbonyl (C=O) groups is 1. The van der Waals surface area contributed by atoms with E-state index in [9.17, 15) is 17.6 Å². The Hall–Kier alpha value is -2.45. The molecule has 0 aromatic heterocycles. The number of sulfonamides is 1. The van der Waals surface area contributed by atoms with E-state index in [2.05, 4.69) is 10.0 Å². The van der Waals surface area contributed by atoms with Crippen LogP contribution in [0.2, 0.25) is 0 Å². The number of anilines is 1. The van der Waals surface area contributed by atoms with Crippen LogP contribution in [0.5, 0.6) is 5.75 Å². The highest BCUT2D eigenvalue weighted by atomic mass is 32.2. The molecule has 2 N–H and O–H groups in total. The van der Waals surface area contributed by atoms with Gasteiger partial charge in [0.1, 0.15) is 11.6 Å². The molecular formula is C18H21FN2O4S. The second kappa shape index (κ2) is 7.43. The third-order valence-electron chi connectivity index (χ3n) is 3.26. The number of ether oxygens (including phenoxy) is 1. The Morgan fingerprint density at radius 1 is 1.12 bits per heavy atom. The Bertz CT molecular complexity index is 921. The monoisotopic (exact) mass is 380 g/mol. The van der Waals surface area contributed by atoms with Gasteiger partial charge in [-0.25, -0.2) is 17.5 Å². The molecule has 8 heteroatoms. The van der Waals surface area contributed by atoms with Crippen LogP contribution in [0.4, 0.5) is 10.1 Å². The minimum absolute atomic E-state index is 0.000396. The topological polar surface area (TPSA) is 84.5 Å². The number of hydrogen-bond acceptors (Lipinski definition) is 4. The van der Waals surface area contributed by atoms with Crippen molar-refractivity contribution in [3.63, 3.8) is 0 Å². The van der Waals surface area contributed by atoms with Crippen molar-refractivity contribution in [2.75, 3.05) is 12.4 Å². The number of rotatable bonds is 5. The van der Waals surface area contributed by atoms with Gasteiger partial charge in [0.15, 0.2) is 0 Å². The van der Waals surface area contributed by atoms with Crippen LogP contribution in [0, 0.1) is 5.82 Å². The molecule has 0 aliphatic carbocycles. The number of methoxy groups -OCH3 is 1. The van der Waals surface area contributed by atoms with Crippen molar-refractivity contribution in [1.29, 1.82) is 0 Å². The molecule has 26 heavy (non-hydrogen) atoms. The summed E-state index contributed by atoms with van der Waals surface area (Å²) in [5.41, 5.74) is -0.585. The van der Waals surface area contributed by atoms with Gasteiger partial charge >= 0.3 is 0 Å². The first kappa shape index (κ1) is 19.9. The lowest BCUT2D eigenvalue weighted by Gasteiger charge is -2.20. The molecule has 0 spiro atoms. The summed E-state index contributed by atoms with van der Waals surface area (Å²) in [5, 5.41) is 2.50. The van der Waals surface area contributed by atoms with E-state index in [-0.39, 0.29) is 16.1 Å². The summed E-state index contributed by atoms with van der Waals surface area (Å²) in [7, 11) is -2.36. The molecule has 2 aromatic rings. The lowest BCUT2D eigenvalue weighted by molar-refractivity contribution is 0.102. The maximum Gasteiger partial charge on any atom is 0.258 e. The van der Waals surface area contributed by atoms with Crippen molar-refractivity contribution in [1.82, 2.24) is 4.72 Å². The fraction of sp³-hybridized carbons (Fsp3) is 0.278. The zero-order valence-corrected chi connectivity index (χ0v) is 15.8. The number of amides is 1. The van der Waals surface area contributed by atoms with Crippen molar-refractivity contribution >= 4 is 21.6 Å². The number of nitrogens with one attached hydrogen (secondary N) is 2. The van der Waals surface area contributed by atoms with Crippen LogP contribution in [0.3, 0.4) is 0 Å². The van der Waals surface area contributed by atoms with E-state index in [0.29, 0.717) is 5.75 Å². The quantitative estimate of drug-likeness (QED) is 0.834. The average Bonchev–Trinajstić information content (AvgIpc) is 2.52.